The summed E-state index contributed by atoms with van der Waals surface area (Å²) in [4.78, 5) is 0. The van der Waals surface area contributed by atoms with Crippen LogP contribution in [-0.2, 0) is 29.7 Å². The Labute approximate surface area is 61.3 Å². The van der Waals surface area contributed by atoms with Crippen LogP contribution in [0.3, 0.4) is 0 Å². The van der Waals surface area contributed by atoms with Crippen molar-refractivity contribution >= 4 is 12.6 Å². The van der Waals surface area contributed by atoms with Crippen LogP contribution in [0.15, 0.2) is 6.58 Å². The van der Waals surface area contributed by atoms with Gasteiger partial charge < -0.3 is 26.6 Å². The minimum absolute atomic E-state index is 0. The van der Waals surface area contributed by atoms with E-state index in [4.69, 9.17) is 5.26 Å². The number of nitrogens with zero attached hydrogens (tertiary/aromatic N) is 1. The van der Waals surface area contributed by atoms with Crippen LogP contribution in [-0.4, -0.2) is 0 Å². The predicted molar refractivity (Wildman–Crippen MR) is 29.3 cm³/mol. The molecule has 1 radical (unpaired) electrons. The third-order valence-corrected chi connectivity index (χ3v) is 0. The van der Waals surface area contributed by atoms with Crippen LogP contribution in [0.2, 0.25) is 0 Å². The number of hydrogen-bond donors (Lipinski definition) is 0. The van der Waals surface area contributed by atoms with E-state index in [2.05, 4.69) is 25.8 Å². The summed E-state index contributed by atoms with van der Waals surface area (Å²) in [5.74, 6) is 0. The SMILES string of the molecule is N#C[S-].[CH-]=C.[CH3-].[Cu+2]. The molecule has 0 bridgehead atoms. The zero-order valence-corrected chi connectivity index (χ0v) is 5.70. The molecule has 0 rings (SSSR count). The molecule has 45 valence electrons. The van der Waals surface area contributed by atoms with Gasteiger partial charge >= 0.3 is 17.1 Å². The van der Waals surface area contributed by atoms with Crippen molar-refractivity contribution in [2.75, 3.05) is 0 Å². The average Bonchev–Trinajstić information content (AvgIpc) is 1.46. The molecule has 0 saturated carbocycles. The van der Waals surface area contributed by atoms with Gasteiger partial charge in [0.25, 0.3) is 0 Å². The second-order valence-electron chi connectivity index (χ2n) is 0.0913. The van der Waals surface area contributed by atoms with E-state index in [-0.39, 0.29) is 24.5 Å². The van der Waals surface area contributed by atoms with Gasteiger partial charge in [-0.3, -0.25) is 6.58 Å². The maximum absolute atomic E-state index is 7.13. The summed E-state index contributed by atoms with van der Waals surface area (Å²) in [5.41, 5.74) is 0. The Morgan fingerprint density at radius 1 is 1.57 bits per heavy atom. The topological polar surface area (TPSA) is 23.8 Å². The number of rotatable bonds is 0. The summed E-state index contributed by atoms with van der Waals surface area (Å²) in [6.45, 7) is 7.00. The third kappa shape index (κ3) is 101000. The molecule has 0 N–H and O–H groups in total. The van der Waals surface area contributed by atoms with Crippen molar-refractivity contribution in [2.24, 2.45) is 0 Å². The van der Waals surface area contributed by atoms with E-state index in [0.717, 1.165) is 0 Å². The minimum Gasteiger partial charge on any atom is -0.696 e. The van der Waals surface area contributed by atoms with Gasteiger partial charge in [-0.25, -0.2) is 5.26 Å². The summed E-state index contributed by atoms with van der Waals surface area (Å²) in [5, 5.41) is 8.47. The fraction of sp³-hybridized carbons (Fsp3) is 0. The number of thiocyanates is 1. The van der Waals surface area contributed by atoms with Crippen molar-refractivity contribution in [1.82, 2.24) is 0 Å². The quantitative estimate of drug-likeness (QED) is 0.231. The van der Waals surface area contributed by atoms with E-state index in [9.17, 15) is 0 Å². The summed E-state index contributed by atoms with van der Waals surface area (Å²) < 4.78 is 0. The first-order valence-corrected chi connectivity index (χ1v) is 1.24. The molecule has 0 amide bonds. The van der Waals surface area contributed by atoms with Gasteiger partial charge in [0.05, 0.1) is 0 Å². The van der Waals surface area contributed by atoms with E-state index in [0.29, 0.717) is 0 Å². The van der Waals surface area contributed by atoms with Gasteiger partial charge in [-0.2, -0.15) is 0 Å². The Morgan fingerprint density at radius 3 is 1.57 bits per heavy atom. The molecule has 0 aliphatic carbocycles. The van der Waals surface area contributed by atoms with Crippen LogP contribution in [0.5, 0.6) is 0 Å². The van der Waals surface area contributed by atoms with Gasteiger partial charge in [0.2, 0.25) is 0 Å². The van der Waals surface area contributed by atoms with Crippen molar-refractivity contribution in [2.45, 2.75) is 0 Å². The van der Waals surface area contributed by atoms with Gasteiger partial charge in [-0.05, 0) is 0 Å². The van der Waals surface area contributed by atoms with Crippen molar-refractivity contribution < 1.29 is 17.1 Å². The Morgan fingerprint density at radius 2 is 1.57 bits per heavy atom. The second-order valence-corrected chi connectivity index (χ2v) is 0.274. The summed E-state index contributed by atoms with van der Waals surface area (Å²) in [7, 11) is 0. The average molecular weight is 164 g/mol. The van der Waals surface area contributed by atoms with Gasteiger partial charge in [-0.1, -0.05) is 5.40 Å². The predicted octanol–water partition coefficient (Wildman–Crippen LogP) is 1.07. The fourth-order valence-electron chi connectivity index (χ4n) is 0. The zero-order chi connectivity index (χ0) is 4.71. The van der Waals surface area contributed by atoms with Crippen molar-refractivity contribution in [3.63, 3.8) is 0 Å². The molecule has 3 heteroatoms. The summed E-state index contributed by atoms with van der Waals surface area (Å²) in [6.07, 6.45) is 0. The molecule has 0 atom stereocenters. The molecule has 1 nitrogen and oxygen atoms in total. The molecule has 0 spiro atoms. The molecule has 0 fully saturated rings. The maximum Gasteiger partial charge on any atom is 2.00 e. The molecule has 0 aliphatic heterocycles. The molecular weight excluding hydrogens is 158 g/mol. The minimum atomic E-state index is 0. The standard InChI is InChI=1S/C2H3.CHNS.CH3.Cu/c1-2;2-1-3;;/h1H,2H2;3H;1H3;/q-1;;-1;+2/p-1. The van der Waals surface area contributed by atoms with Crippen molar-refractivity contribution in [1.29, 1.82) is 5.26 Å². The Kier molecular flexibility index (Phi) is 631. The molecule has 0 heterocycles. The normalized spacial score (nSPS) is 1.57. The Balaban J connectivity index is -0.0000000105. The summed E-state index contributed by atoms with van der Waals surface area (Å²) in [6, 6.07) is 0. The molecule has 0 saturated heterocycles. The zero-order valence-electron chi connectivity index (χ0n) is 3.94. The first kappa shape index (κ1) is 28.2. The van der Waals surface area contributed by atoms with Crippen molar-refractivity contribution in [3.8, 4) is 5.40 Å². The van der Waals surface area contributed by atoms with Crippen LogP contribution in [0, 0.1) is 24.7 Å². The largest absolute Gasteiger partial charge is 2.00 e. The first-order valence-electron chi connectivity index (χ1n) is 0.836. The molecule has 0 unspecified atom stereocenters. The molecule has 0 aromatic heterocycles. The van der Waals surface area contributed by atoms with E-state index in [1.165, 1.54) is 5.40 Å². The van der Waals surface area contributed by atoms with Crippen LogP contribution in [0.25, 0.3) is 0 Å². The van der Waals surface area contributed by atoms with Gasteiger partial charge in [0.15, 0.2) is 0 Å². The Hall–Kier alpha value is -0.0305. The number of hydrogen-bond acceptors (Lipinski definition) is 2. The first-order chi connectivity index (χ1) is 2.41. The van der Waals surface area contributed by atoms with Crippen LogP contribution < -0.4 is 0 Å². The van der Waals surface area contributed by atoms with E-state index in [1.54, 1.807) is 0 Å². The molecule has 0 aliphatic rings. The maximum atomic E-state index is 7.13. The van der Waals surface area contributed by atoms with E-state index in [1.807, 2.05) is 0 Å². The van der Waals surface area contributed by atoms with Gasteiger partial charge in [0, 0.05) is 0 Å². The van der Waals surface area contributed by atoms with Crippen LogP contribution in [0.1, 0.15) is 0 Å². The fourth-order valence-corrected chi connectivity index (χ4v) is 0. The second kappa shape index (κ2) is 157. The molecule has 0 aromatic rings. The van der Waals surface area contributed by atoms with Gasteiger partial charge in [0.1, 0.15) is 0 Å². The van der Waals surface area contributed by atoms with E-state index >= 15 is 0 Å². The molecule has 7 heavy (non-hydrogen) atoms. The smallest absolute Gasteiger partial charge is 0.696 e. The van der Waals surface area contributed by atoms with E-state index < -0.39 is 0 Å². The van der Waals surface area contributed by atoms with Gasteiger partial charge in [-0.15, -0.1) is 0 Å². The monoisotopic (exact) mass is 163 g/mol. The van der Waals surface area contributed by atoms with Crippen LogP contribution >= 0.6 is 0 Å². The summed E-state index contributed by atoms with van der Waals surface area (Å²) >= 11 is 3.70. The number of nitriles is 1. The molecular formula is C4H6CuNS-. The Bertz CT molecular complexity index is 41.4. The van der Waals surface area contributed by atoms with Crippen molar-refractivity contribution in [3.05, 3.63) is 20.6 Å². The third-order valence-electron chi connectivity index (χ3n) is 0. The van der Waals surface area contributed by atoms with Crippen LogP contribution in [0.4, 0.5) is 0 Å². The molecule has 0 aromatic carbocycles.